The molecule has 2 heterocycles. The molecular weight excluding hydrogens is 338 g/mol. The van der Waals surface area contributed by atoms with Gasteiger partial charge in [0.05, 0.1) is 36.4 Å². The molecule has 6 heteroatoms. The van der Waals surface area contributed by atoms with Crippen molar-refractivity contribution in [2.24, 2.45) is 0 Å². The molecule has 25 heavy (non-hydrogen) atoms. The number of hydrogen-bond acceptors (Lipinski definition) is 5. The first-order valence-corrected chi connectivity index (χ1v) is 10.1. The number of nitrogens with zero attached hydrogens (tertiary/aromatic N) is 2. The number of aliphatic hydroxyl groups is 1. The average Bonchev–Trinajstić information content (AvgIpc) is 2.63. The maximum atomic E-state index is 10.5. The lowest BCUT2D eigenvalue weighted by molar-refractivity contribution is 0.122. The first-order chi connectivity index (χ1) is 12.2. The van der Waals surface area contributed by atoms with Crippen LogP contribution in [-0.2, 0) is 24.0 Å². The summed E-state index contributed by atoms with van der Waals surface area (Å²) in [4.78, 5) is 7.26. The Morgan fingerprint density at radius 2 is 1.96 bits per heavy atom. The van der Waals surface area contributed by atoms with Crippen LogP contribution in [-0.4, -0.2) is 48.4 Å². The fourth-order valence-corrected chi connectivity index (χ4v) is 4.09. The lowest BCUT2D eigenvalue weighted by atomic mass is 9.92. The maximum absolute atomic E-state index is 10.5. The normalized spacial score (nSPS) is 18.9. The number of aliphatic hydroxyl groups excluding tert-OH is 1. The number of aromatic nitrogens is 1. The SMILES string of the molecule is Nc1c2c(nc(CC(O)CCCCCl)c1N1CCOCC1)CCCC2. The first kappa shape index (κ1) is 18.7. The topological polar surface area (TPSA) is 71.6 Å². The number of anilines is 2. The number of halogens is 1. The third-order valence-electron chi connectivity index (χ3n) is 5.24. The summed E-state index contributed by atoms with van der Waals surface area (Å²) in [5.74, 6) is 0.649. The Morgan fingerprint density at radius 1 is 1.20 bits per heavy atom. The van der Waals surface area contributed by atoms with Gasteiger partial charge in [0, 0.05) is 31.1 Å². The van der Waals surface area contributed by atoms with Gasteiger partial charge in [-0.3, -0.25) is 4.98 Å². The molecule has 2 aliphatic rings. The zero-order chi connectivity index (χ0) is 17.6. The molecule has 0 amide bonds. The van der Waals surface area contributed by atoms with Crippen LogP contribution < -0.4 is 10.6 Å². The quantitative estimate of drug-likeness (QED) is 0.572. The number of nitrogen functional groups attached to an aromatic ring is 1. The zero-order valence-corrected chi connectivity index (χ0v) is 15.7. The van der Waals surface area contributed by atoms with Gasteiger partial charge >= 0.3 is 0 Å². The van der Waals surface area contributed by atoms with Crippen molar-refractivity contribution >= 4 is 23.0 Å². The van der Waals surface area contributed by atoms with E-state index in [2.05, 4.69) is 4.90 Å². The van der Waals surface area contributed by atoms with Crippen molar-refractivity contribution < 1.29 is 9.84 Å². The lowest BCUT2D eigenvalue weighted by Crippen LogP contribution is -2.38. The molecule has 0 bridgehead atoms. The van der Waals surface area contributed by atoms with Gasteiger partial charge in [0.1, 0.15) is 0 Å². The Bertz CT molecular complexity index is 576. The number of ether oxygens (including phenoxy) is 1. The molecule has 1 aliphatic carbocycles. The number of alkyl halides is 1. The Morgan fingerprint density at radius 3 is 2.72 bits per heavy atom. The summed E-state index contributed by atoms with van der Waals surface area (Å²) in [6.45, 7) is 3.10. The van der Waals surface area contributed by atoms with E-state index in [1.165, 1.54) is 18.4 Å². The summed E-state index contributed by atoms with van der Waals surface area (Å²) >= 11 is 5.74. The van der Waals surface area contributed by atoms with Gasteiger partial charge in [0.25, 0.3) is 0 Å². The highest BCUT2D eigenvalue weighted by Crippen LogP contribution is 2.36. The summed E-state index contributed by atoms with van der Waals surface area (Å²) in [5, 5.41) is 10.5. The second-order valence-electron chi connectivity index (χ2n) is 7.10. The Labute approximate surface area is 155 Å². The van der Waals surface area contributed by atoms with Crippen LogP contribution in [0.2, 0.25) is 0 Å². The smallest absolute Gasteiger partial charge is 0.0824 e. The highest BCUT2D eigenvalue weighted by atomic mass is 35.5. The third-order valence-corrected chi connectivity index (χ3v) is 5.51. The minimum Gasteiger partial charge on any atom is -0.397 e. The third kappa shape index (κ3) is 4.57. The predicted molar refractivity (Wildman–Crippen MR) is 103 cm³/mol. The number of nitrogens with two attached hydrogens (primary N) is 1. The Balaban J connectivity index is 1.87. The number of aryl methyl sites for hydroxylation is 1. The molecule has 5 nitrogen and oxygen atoms in total. The molecule has 0 aromatic carbocycles. The van der Waals surface area contributed by atoms with E-state index in [1.807, 2.05) is 0 Å². The molecule has 1 saturated heterocycles. The lowest BCUT2D eigenvalue weighted by Gasteiger charge is -2.33. The van der Waals surface area contributed by atoms with Crippen LogP contribution in [0.1, 0.15) is 49.1 Å². The van der Waals surface area contributed by atoms with E-state index in [0.717, 1.165) is 68.0 Å². The van der Waals surface area contributed by atoms with E-state index in [1.54, 1.807) is 0 Å². The van der Waals surface area contributed by atoms with Crippen LogP contribution in [0.25, 0.3) is 0 Å². The van der Waals surface area contributed by atoms with Gasteiger partial charge in [-0.1, -0.05) is 0 Å². The van der Waals surface area contributed by atoms with Crippen LogP contribution in [0.3, 0.4) is 0 Å². The highest BCUT2D eigenvalue weighted by Gasteiger charge is 2.25. The van der Waals surface area contributed by atoms with E-state index in [-0.39, 0.29) is 0 Å². The minimum atomic E-state index is -0.392. The standard InChI is InChI=1S/C19H30ClN3O2/c20-8-4-3-5-14(24)13-17-19(23-9-11-25-12-10-23)18(21)15-6-1-2-7-16(15)22-17/h14,24H,1-13H2,(H2,21,22). The Kier molecular flexibility index (Phi) is 6.79. The number of fused-ring (bicyclic) bond motifs is 1. The van der Waals surface area contributed by atoms with Gasteiger partial charge in [-0.15, -0.1) is 11.6 Å². The monoisotopic (exact) mass is 367 g/mol. The number of unbranched alkanes of at least 4 members (excludes halogenated alkanes) is 1. The van der Waals surface area contributed by atoms with Crippen molar-refractivity contribution in [1.82, 2.24) is 4.98 Å². The number of morpholine rings is 1. The van der Waals surface area contributed by atoms with Gasteiger partial charge in [0.2, 0.25) is 0 Å². The predicted octanol–water partition coefficient (Wildman–Crippen LogP) is 2.69. The summed E-state index contributed by atoms with van der Waals surface area (Å²) in [6, 6.07) is 0. The zero-order valence-electron chi connectivity index (χ0n) is 15.0. The highest BCUT2D eigenvalue weighted by molar-refractivity contribution is 6.17. The van der Waals surface area contributed by atoms with Crippen molar-refractivity contribution in [3.63, 3.8) is 0 Å². The fraction of sp³-hybridized carbons (Fsp3) is 0.737. The minimum absolute atomic E-state index is 0.392. The molecule has 3 rings (SSSR count). The molecule has 1 fully saturated rings. The van der Waals surface area contributed by atoms with Crippen molar-refractivity contribution in [3.8, 4) is 0 Å². The molecule has 140 valence electrons. The summed E-state index contributed by atoms with van der Waals surface area (Å²) in [6.07, 6.45) is 7.18. The molecular formula is C19H30ClN3O2. The second kappa shape index (κ2) is 9.06. The molecule has 0 spiro atoms. The van der Waals surface area contributed by atoms with Gasteiger partial charge < -0.3 is 20.5 Å². The van der Waals surface area contributed by atoms with E-state index >= 15 is 0 Å². The first-order valence-electron chi connectivity index (χ1n) is 9.57. The van der Waals surface area contributed by atoms with Crippen molar-refractivity contribution in [2.45, 2.75) is 57.5 Å². The average molecular weight is 368 g/mol. The fourth-order valence-electron chi connectivity index (χ4n) is 3.90. The van der Waals surface area contributed by atoms with Crippen molar-refractivity contribution in [2.75, 3.05) is 42.8 Å². The number of hydrogen-bond donors (Lipinski definition) is 2. The summed E-state index contributed by atoms with van der Waals surface area (Å²) in [7, 11) is 0. The summed E-state index contributed by atoms with van der Waals surface area (Å²) < 4.78 is 5.50. The van der Waals surface area contributed by atoms with Gasteiger partial charge in [-0.2, -0.15) is 0 Å². The van der Waals surface area contributed by atoms with Crippen LogP contribution in [0.15, 0.2) is 0 Å². The van der Waals surface area contributed by atoms with E-state index in [4.69, 9.17) is 27.1 Å². The molecule has 1 aromatic heterocycles. The maximum Gasteiger partial charge on any atom is 0.0824 e. The van der Waals surface area contributed by atoms with E-state index in [0.29, 0.717) is 25.5 Å². The Hall–Kier alpha value is -1.04. The van der Waals surface area contributed by atoms with Gasteiger partial charge in [-0.05, 0) is 50.5 Å². The second-order valence-corrected chi connectivity index (χ2v) is 7.47. The van der Waals surface area contributed by atoms with Gasteiger partial charge in [-0.25, -0.2) is 0 Å². The van der Waals surface area contributed by atoms with E-state index in [9.17, 15) is 5.11 Å². The molecule has 1 aromatic rings. The summed E-state index contributed by atoms with van der Waals surface area (Å²) in [5.41, 5.74) is 11.9. The molecule has 0 saturated carbocycles. The van der Waals surface area contributed by atoms with Crippen LogP contribution in [0.4, 0.5) is 11.4 Å². The largest absolute Gasteiger partial charge is 0.397 e. The van der Waals surface area contributed by atoms with Crippen molar-refractivity contribution in [1.29, 1.82) is 0 Å². The molecule has 3 N–H and O–H groups in total. The molecule has 1 aliphatic heterocycles. The number of pyridine rings is 1. The van der Waals surface area contributed by atoms with Crippen LogP contribution in [0.5, 0.6) is 0 Å². The van der Waals surface area contributed by atoms with Crippen LogP contribution in [0, 0.1) is 0 Å². The molecule has 0 radical (unpaired) electrons. The molecule has 1 unspecified atom stereocenters. The van der Waals surface area contributed by atoms with Crippen molar-refractivity contribution in [3.05, 3.63) is 17.0 Å². The van der Waals surface area contributed by atoms with E-state index < -0.39 is 6.10 Å². The van der Waals surface area contributed by atoms with Gasteiger partial charge in [0.15, 0.2) is 0 Å². The van der Waals surface area contributed by atoms with Crippen LogP contribution >= 0.6 is 11.6 Å². The number of rotatable bonds is 7. The molecule has 1 atom stereocenters.